The minimum absolute atomic E-state index is 0.0518. The summed E-state index contributed by atoms with van der Waals surface area (Å²) >= 11 is 17.9. The third-order valence-electron chi connectivity index (χ3n) is 2.16. The first-order chi connectivity index (χ1) is 6.04. The van der Waals surface area contributed by atoms with E-state index in [-0.39, 0.29) is 11.3 Å². The molecule has 0 N–H and O–H groups in total. The van der Waals surface area contributed by atoms with Gasteiger partial charge >= 0.3 is 0 Å². The molecule has 3 heteroatoms. The molecular weight excluding hydrogens is 226 g/mol. The molecule has 0 radical (unpaired) electrons. The summed E-state index contributed by atoms with van der Waals surface area (Å²) in [5.41, 5.74) is 1.01. The van der Waals surface area contributed by atoms with E-state index < -0.39 is 0 Å². The zero-order valence-corrected chi connectivity index (χ0v) is 9.79. The average molecular weight is 238 g/mol. The lowest BCUT2D eigenvalue weighted by Gasteiger charge is -2.16. The quantitative estimate of drug-likeness (QED) is 0.653. The van der Waals surface area contributed by atoms with E-state index in [1.54, 1.807) is 6.07 Å². The minimum Gasteiger partial charge on any atom is -0.123 e. The Hall–Kier alpha value is 0.0900. The lowest BCUT2D eigenvalue weighted by atomic mass is 9.98. The molecule has 13 heavy (non-hydrogen) atoms. The Morgan fingerprint density at radius 3 is 2.31 bits per heavy atom. The van der Waals surface area contributed by atoms with Gasteiger partial charge in [0.1, 0.15) is 0 Å². The molecule has 0 heterocycles. The number of halogens is 3. The zero-order valence-electron chi connectivity index (χ0n) is 7.52. The molecule has 0 fully saturated rings. The van der Waals surface area contributed by atoms with Crippen LogP contribution in [0.15, 0.2) is 18.2 Å². The van der Waals surface area contributed by atoms with Gasteiger partial charge in [-0.3, -0.25) is 0 Å². The maximum absolute atomic E-state index is 6.04. The summed E-state index contributed by atoms with van der Waals surface area (Å²) in [5, 5.41) is 1.25. The van der Waals surface area contributed by atoms with E-state index in [1.807, 2.05) is 26.0 Å². The Kier molecular flexibility index (Phi) is 3.90. The maximum atomic E-state index is 6.04. The summed E-state index contributed by atoms with van der Waals surface area (Å²) in [5.74, 6) is 0.216. The Labute approximate surface area is 93.8 Å². The Balaban J connectivity index is 3.07. The second-order valence-electron chi connectivity index (χ2n) is 3.11. The first-order valence-electron chi connectivity index (χ1n) is 4.12. The fourth-order valence-electron chi connectivity index (χ4n) is 1.12. The van der Waals surface area contributed by atoms with Crippen LogP contribution in [-0.2, 0) is 0 Å². The van der Waals surface area contributed by atoms with Gasteiger partial charge in [0.2, 0.25) is 0 Å². The van der Waals surface area contributed by atoms with Gasteiger partial charge in [0, 0.05) is 5.38 Å². The van der Waals surface area contributed by atoms with Gasteiger partial charge in [0.15, 0.2) is 0 Å². The van der Waals surface area contributed by atoms with Crippen molar-refractivity contribution in [1.82, 2.24) is 0 Å². The monoisotopic (exact) mass is 236 g/mol. The van der Waals surface area contributed by atoms with Crippen molar-refractivity contribution in [3.05, 3.63) is 33.8 Å². The fraction of sp³-hybridized carbons (Fsp3) is 0.400. The second-order valence-corrected chi connectivity index (χ2v) is 4.58. The number of benzene rings is 1. The molecule has 1 aromatic carbocycles. The summed E-state index contributed by atoms with van der Waals surface area (Å²) in [7, 11) is 0. The summed E-state index contributed by atoms with van der Waals surface area (Å²) in [4.78, 5) is 0. The van der Waals surface area contributed by atoms with E-state index in [2.05, 4.69) is 0 Å². The SMILES string of the molecule is CC(Cl)C(C)c1cccc(Cl)c1Cl. The van der Waals surface area contributed by atoms with Gasteiger partial charge in [-0.2, -0.15) is 0 Å². The van der Waals surface area contributed by atoms with Crippen molar-refractivity contribution in [2.45, 2.75) is 25.1 Å². The lowest BCUT2D eigenvalue weighted by Crippen LogP contribution is -2.05. The molecular formula is C10H11Cl3. The molecule has 72 valence electrons. The summed E-state index contributed by atoms with van der Waals surface area (Å²) in [6.45, 7) is 3.98. The van der Waals surface area contributed by atoms with E-state index in [1.165, 1.54) is 0 Å². The smallest absolute Gasteiger partial charge is 0.0627 e. The molecule has 0 spiro atoms. The zero-order chi connectivity index (χ0) is 10.0. The van der Waals surface area contributed by atoms with E-state index in [0.29, 0.717) is 10.0 Å². The number of rotatable bonds is 2. The van der Waals surface area contributed by atoms with Crippen molar-refractivity contribution >= 4 is 34.8 Å². The summed E-state index contributed by atoms with van der Waals surface area (Å²) < 4.78 is 0. The van der Waals surface area contributed by atoms with Crippen molar-refractivity contribution in [2.75, 3.05) is 0 Å². The van der Waals surface area contributed by atoms with Crippen molar-refractivity contribution in [2.24, 2.45) is 0 Å². The molecule has 0 saturated heterocycles. The van der Waals surface area contributed by atoms with Crippen molar-refractivity contribution in [1.29, 1.82) is 0 Å². The van der Waals surface area contributed by atoms with Crippen molar-refractivity contribution in [3.8, 4) is 0 Å². The van der Waals surface area contributed by atoms with E-state index >= 15 is 0 Å². The highest BCUT2D eigenvalue weighted by molar-refractivity contribution is 6.42. The van der Waals surface area contributed by atoms with Crippen LogP contribution in [0.2, 0.25) is 10.0 Å². The molecule has 0 amide bonds. The molecule has 0 saturated carbocycles. The van der Waals surface area contributed by atoms with Crippen LogP contribution in [-0.4, -0.2) is 5.38 Å². The van der Waals surface area contributed by atoms with E-state index in [0.717, 1.165) is 5.56 Å². The third-order valence-corrected chi connectivity index (χ3v) is 3.37. The molecule has 2 unspecified atom stereocenters. The highest BCUT2D eigenvalue weighted by atomic mass is 35.5. The van der Waals surface area contributed by atoms with Crippen molar-refractivity contribution < 1.29 is 0 Å². The second kappa shape index (κ2) is 4.54. The van der Waals surface area contributed by atoms with Crippen LogP contribution in [0.1, 0.15) is 25.3 Å². The van der Waals surface area contributed by atoms with Gasteiger partial charge in [-0.05, 0) is 24.5 Å². The molecule has 0 bridgehead atoms. The first kappa shape index (κ1) is 11.2. The van der Waals surface area contributed by atoms with Crippen LogP contribution in [0.3, 0.4) is 0 Å². The van der Waals surface area contributed by atoms with Gasteiger partial charge < -0.3 is 0 Å². The molecule has 1 aromatic rings. The predicted octanol–water partition coefficient (Wildman–Crippen LogP) is 4.72. The molecule has 1 rings (SSSR count). The number of hydrogen-bond acceptors (Lipinski definition) is 0. The van der Waals surface area contributed by atoms with Gasteiger partial charge in [0.05, 0.1) is 10.0 Å². The van der Waals surface area contributed by atoms with Gasteiger partial charge in [-0.1, -0.05) is 42.3 Å². The van der Waals surface area contributed by atoms with Crippen LogP contribution in [0.4, 0.5) is 0 Å². The molecule has 0 aromatic heterocycles. The topological polar surface area (TPSA) is 0 Å². The maximum Gasteiger partial charge on any atom is 0.0627 e. The molecule has 0 aliphatic heterocycles. The largest absolute Gasteiger partial charge is 0.123 e. The molecule has 0 aliphatic carbocycles. The highest BCUT2D eigenvalue weighted by Crippen LogP contribution is 2.33. The van der Waals surface area contributed by atoms with Gasteiger partial charge in [0.25, 0.3) is 0 Å². The predicted molar refractivity (Wildman–Crippen MR) is 60.2 cm³/mol. The third kappa shape index (κ3) is 2.52. The normalized spacial score (nSPS) is 15.5. The number of alkyl halides is 1. The van der Waals surface area contributed by atoms with Crippen LogP contribution in [0, 0.1) is 0 Å². The standard InChI is InChI=1S/C10H11Cl3/c1-6(7(2)11)8-4-3-5-9(12)10(8)13/h3-7H,1-2H3. The van der Waals surface area contributed by atoms with Crippen LogP contribution < -0.4 is 0 Å². The molecule has 0 nitrogen and oxygen atoms in total. The fourth-order valence-corrected chi connectivity index (χ4v) is 1.74. The molecule has 0 aliphatic rings. The Morgan fingerprint density at radius 1 is 1.15 bits per heavy atom. The van der Waals surface area contributed by atoms with Crippen LogP contribution in [0.25, 0.3) is 0 Å². The van der Waals surface area contributed by atoms with Gasteiger partial charge in [-0.15, -0.1) is 11.6 Å². The summed E-state index contributed by atoms with van der Waals surface area (Å²) in [6, 6.07) is 5.62. The molecule has 2 atom stereocenters. The Bertz CT molecular complexity index is 294. The van der Waals surface area contributed by atoms with Gasteiger partial charge in [-0.25, -0.2) is 0 Å². The first-order valence-corrected chi connectivity index (χ1v) is 5.31. The number of hydrogen-bond donors (Lipinski definition) is 0. The minimum atomic E-state index is 0.0518. The highest BCUT2D eigenvalue weighted by Gasteiger charge is 2.15. The van der Waals surface area contributed by atoms with E-state index in [4.69, 9.17) is 34.8 Å². The average Bonchev–Trinajstić information content (AvgIpc) is 2.08. The van der Waals surface area contributed by atoms with Crippen molar-refractivity contribution in [3.63, 3.8) is 0 Å². The van der Waals surface area contributed by atoms with Crippen LogP contribution in [0.5, 0.6) is 0 Å². The summed E-state index contributed by atoms with van der Waals surface area (Å²) in [6.07, 6.45) is 0. The van der Waals surface area contributed by atoms with E-state index in [9.17, 15) is 0 Å². The van der Waals surface area contributed by atoms with Crippen LogP contribution >= 0.6 is 34.8 Å². The lowest BCUT2D eigenvalue weighted by molar-refractivity contribution is 0.743. The Morgan fingerprint density at radius 2 is 1.77 bits per heavy atom.